The molecule has 0 amide bonds. The zero-order valence-electron chi connectivity index (χ0n) is 11.3. The Morgan fingerprint density at radius 1 is 1.35 bits per heavy atom. The van der Waals surface area contributed by atoms with Crippen molar-refractivity contribution in [2.75, 3.05) is 20.1 Å². The van der Waals surface area contributed by atoms with Crippen molar-refractivity contribution >= 4 is 11.3 Å². The molecule has 1 aromatic heterocycles. The van der Waals surface area contributed by atoms with Crippen LogP contribution in [0.4, 0.5) is 0 Å². The van der Waals surface area contributed by atoms with E-state index in [0.717, 1.165) is 0 Å². The number of nitrogens with one attached hydrogen (secondary N) is 1. The van der Waals surface area contributed by atoms with E-state index in [2.05, 4.69) is 43.0 Å². The molecule has 1 saturated heterocycles. The first-order chi connectivity index (χ1) is 8.06. The predicted octanol–water partition coefficient (Wildman–Crippen LogP) is 2.50. The highest BCUT2D eigenvalue weighted by atomic mass is 32.1. The molecule has 1 aliphatic rings. The topological polar surface area (TPSA) is 28.2 Å². The van der Waals surface area contributed by atoms with E-state index in [9.17, 15) is 0 Å². The van der Waals surface area contributed by atoms with Gasteiger partial charge in [-0.15, -0.1) is 11.3 Å². The number of likely N-dealkylation sites (tertiary alicyclic amines) is 1. The number of thiazole rings is 1. The van der Waals surface area contributed by atoms with E-state index in [-0.39, 0.29) is 0 Å². The third kappa shape index (κ3) is 3.27. The van der Waals surface area contributed by atoms with E-state index in [0.29, 0.717) is 12.1 Å². The monoisotopic (exact) mass is 253 g/mol. The maximum Gasteiger partial charge on any atom is 0.0900 e. The fourth-order valence-electron chi connectivity index (χ4n) is 2.55. The van der Waals surface area contributed by atoms with Crippen molar-refractivity contribution < 1.29 is 0 Å². The van der Waals surface area contributed by atoms with Crippen molar-refractivity contribution in [2.24, 2.45) is 0 Å². The maximum atomic E-state index is 4.64. The normalized spacial score (nSPS) is 20.7. The molecule has 2 rings (SSSR count). The summed E-state index contributed by atoms with van der Waals surface area (Å²) >= 11 is 1.80. The maximum absolute atomic E-state index is 4.64. The summed E-state index contributed by atoms with van der Waals surface area (Å²) in [7, 11) is 2.20. The Balaban J connectivity index is 1.93. The molecule has 4 heteroatoms. The van der Waals surface area contributed by atoms with Crippen LogP contribution in [0.25, 0.3) is 0 Å². The number of aromatic nitrogens is 1. The highest BCUT2D eigenvalue weighted by Crippen LogP contribution is 2.23. The minimum atomic E-state index is 0.383. The zero-order valence-corrected chi connectivity index (χ0v) is 12.1. The standard InChI is InChI=1S/C13H23N3S/c1-9(13-10(2)17-11(3)15-13)14-12-5-7-16(4)8-6-12/h9,12,14H,5-8H2,1-4H3. The lowest BCUT2D eigenvalue weighted by molar-refractivity contribution is 0.226. The van der Waals surface area contributed by atoms with Gasteiger partial charge < -0.3 is 10.2 Å². The number of nitrogens with zero attached hydrogens (tertiary/aromatic N) is 2. The van der Waals surface area contributed by atoms with Crippen molar-refractivity contribution in [3.8, 4) is 0 Å². The summed E-state index contributed by atoms with van der Waals surface area (Å²) in [5.74, 6) is 0. The zero-order chi connectivity index (χ0) is 12.4. The van der Waals surface area contributed by atoms with Gasteiger partial charge in [0.2, 0.25) is 0 Å². The third-order valence-corrected chi connectivity index (χ3v) is 4.46. The predicted molar refractivity (Wildman–Crippen MR) is 73.7 cm³/mol. The Morgan fingerprint density at radius 2 is 2.00 bits per heavy atom. The fraction of sp³-hybridized carbons (Fsp3) is 0.769. The fourth-order valence-corrected chi connectivity index (χ4v) is 3.47. The van der Waals surface area contributed by atoms with E-state index in [1.165, 1.54) is 41.5 Å². The van der Waals surface area contributed by atoms with Gasteiger partial charge in [0.1, 0.15) is 0 Å². The van der Waals surface area contributed by atoms with Gasteiger partial charge in [-0.2, -0.15) is 0 Å². The quantitative estimate of drug-likeness (QED) is 0.897. The lowest BCUT2D eigenvalue weighted by Crippen LogP contribution is -2.41. The molecule has 0 saturated carbocycles. The molecule has 0 aliphatic carbocycles. The molecular weight excluding hydrogens is 230 g/mol. The highest BCUT2D eigenvalue weighted by Gasteiger charge is 2.20. The molecule has 1 aromatic rings. The van der Waals surface area contributed by atoms with E-state index in [1.807, 2.05) is 0 Å². The molecule has 3 nitrogen and oxygen atoms in total. The van der Waals surface area contributed by atoms with E-state index in [4.69, 9.17) is 0 Å². The van der Waals surface area contributed by atoms with Gasteiger partial charge in [-0.3, -0.25) is 0 Å². The second-order valence-corrected chi connectivity index (χ2v) is 6.55. The molecule has 0 radical (unpaired) electrons. The summed E-state index contributed by atoms with van der Waals surface area (Å²) in [6, 6.07) is 1.04. The Labute approximate surface area is 108 Å². The average Bonchev–Trinajstić information content (AvgIpc) is 2.61. The largest absolute Gasteiger partial charge is 0.306 e. The van der Waals surface area contributed by atoms with Crippen LogP contribution in [0.2, 0.25) is 0 Å². The summed E-state index contributed by atoms with van der Waals surface area (Å²) in [6.07, 6.45) is 2.51. The summed E-state index contributed by atoms with van der Waals surface area (Å²) in [5.41, 5.74) is 1.24. The SMILES string of the molecule is Cc1nc(C(C)NC2CCN(C)CC2)c(C)s1. The minimum Gasteiger partial charge on any atom is -0.306 e. The molecule has 2 heterocycles. The van der Waals surface area contributed by atoms with Crippen molar-refractivity contribution in [3.63, 3.8) is 0 Å². The average molecular weight is 253 g/mol. The van der Waals surface area contributed by atoms with Gasteiger partial charge in [0.25, 0.3) is 0 Å². The molecule has 0 bridgehead atoms. The molecule has 0 spiro atoms. The molecule has 1 atom stereocenters. The van der Waals surface area contributed by atoms with Gasteiger partial charge in [-0.25, -0.2) is 4.98 Å². The van der Waals surface area contributed by atoms with Crippen LogP contribution >= 0.6 is 11.3 Å². The summed E-state index contributed by atoms with van der Waals surface area (Å²) in [4.78, 5) is 8.40. The van der Waals surface area contributed by atoms with Crippen molar-refractivity contribution in [2.45, 2.75) is 45.7 Å². The van der Waals surface area contributed by atoms with Crippen LogP contribution in [0, 0.1) is 13.8 Å². The van der Waals surface area contributed by atoms with Crippen molar-refractivity contribution in [1.82, 2.24) is 15.2 Å². The van der Waals surface area contributed by atoms with Gasteiger partial charge in [0.15, 0.2) is 0 Å². The van der Waals surface area contributed by atoms with Gasteiger partial charge in [-0.05, 0) is 53.8 Å². The molecule has 17 heavy (non-hydrogen) atoms. The number of piperidine rings is 1. The third-order valence-electron chi connectivity index (χ3n) is 3.55. The van der Waals surface area contributed by atoms with E-state index < -0.39 is 0 Å². The second kappa shape index (κ2) is 5.46. The molecule has 96 valence electrons. The first-order valence-corrected chi connectivity index (χ1v) is 7.26. The van der Waals surface area contributed by atoms with Gasteiger partial charge >= 0.3 is 0 Å². The van der Waals surface area contributed by atoms with Crippen LogP contribution in [0.3, 0.4) is 0 Å². The lowest BCUT2D eigenvalue weighted by Gasteiger charge is -2.31. The number of rotatable bonds is 3. The van der Waals surface area contributed by atoms with Crippen LogP contribution < -0.4 is 5.32 Å². The van der Waals surface area contributed by atoms with Crippen LogP contribution in [0.15, 0.2) is 0 Å². The Kier molecular flexibility index (Phi) is 4.17. The Bertz CT molecular complexity index is 367. The summed E-state index contributed by atoms with van der Waals surface area (Å²) in [6.45, 7) is 8.91. The highest BCUT2D eigenvalue weighted by molar-refractivity contribution is 7.11. The number of aryl methyl sites for hydroxylation is 2. The Hall–Kier alpha value is -0.450. The van der Waals surface area contributed by atoms with E-state index in [1.54, 1.807) is 11.3 Å². The van der Waals surface area contributed by atoms with Crippen LogP contribution in [0.1, 0.15) is 41.4 Å². The van der Waals surface area contributed by atoms with Gasteiger partial charge in [-0.1, -0.05) is 0 Å². The van der Waals surface area contributed by atoms with Crippen molar-refractivity contribution in [1.29, 1.82) is 0 Å². The molecule has 1 aliphatic heterocycles. The summed E-state index contributed by atoms with van der Waals surface area (Å²) < 4.78 is 0. The van der Waals surface area contributed by atoms with E-state index >= 15 is 0 Å². The van der Waals surface area contributed by atoms with Gasteiger partial charge in [0.05, 0.1) is 10.7 Å². The first-order valence-electron chi connectivity index (χ1n) is 6.45. The smallest absolute Gasteiger partial charge is 0.0900 e. The second-order valence-electron chi connectivity index (χ2n) is 5.14. The van der Waals surface area contributed by atoms with Crippen LogP contribution in [-0.2, 0) is 0 Å². The lowest BCUT2D eigenvalue weighted by atomic mass is 10.0. The number of hydrogen-bond donors (Lipinski definition) is 1. The molecule has 1 unspecified atom stereocenters. The number of hydrogen-bond acceptors (Lipinski definition) is 4. The van der Waals surface area contributed by atoms with Crippen molar-refractivity contribution in [3.05, 3.63) is 15.6 Å². The Morgan fingerprint density at radius 3 is 2.53 bits per heavy atom. The first kappa shape index (κ1) is 13.0. The van der Waals surface area contributed by atoms with Gasteiger partial charge in [0, 0.05) is 17.0 Å². The summed E-state index contributed by atoms with van der Waals surface area (Å²) in [5, 5.41) is 4.90. The van der Waals surface area contributed by atoms with Crippen LogP contribution in [0.5, 0.6) is 0 Å². The van der Waals surface area contributed by atoms with Crippen LogP contribution in [-0.4, -0.2) is 36.1 Å². The molecule has 1 N–H and O–H groups in total. The minimum absolute atomic E-state index is 0.383. The molecular formula is C13H23N3S. The molecule has 0 aromatic carbocycles. The molecule has 1 fully saturated rings.